The highest BCUT2D eigenvalue weighted by Crippen LogP contribution is 2.56. The van der Waals surface area contributed by atoms with E-state index in [4.69, 9.17) is 0 Å². The van der Waals surface area contributed by atoms with Crippen molar-refractivity contribution < 1.29 is 0 Å². The lowest BCUT2D eigenvalue weighted by atomic mass is 9.95. The minimum absolute atomic E-state index is 0. The number of fused-ring (bicyclic) bond motifs is 1. The van der Waals surface area contributed by atoms with Crippen LogP contribution in [-0.4, -0.2) is 13.1 Å². The number of rotatable bonds is 1. The molecule has 1 aromatic rings. The van der Waals surface area contributed by atoms with Gasteiger partial charge in [0.2, 0.25) is 0 Å². The molecule has 0 aromatic heterocycles. The smallest absolute Gasteiger partial charge is 0.0122 e. The maximum absolute atomic E-state index is 3.46. The molecule has 1 N–H and O–H groups in total. The molecule has 2 fully saturated rings. The van der Waals surface area contributed by atoms with Gasteiger partial charge in [-0.05, 0) is 24.4 Å². The molecule has 1 saturated carbocycles. The van der Waals surface area contributed by atoms with Crippen LogP contribution >= 0.6 is 12.4 Å². The molecule has 1 aliphatic carbocycles. The van der Waals surface area contributed by atoms with Gasteiger partial charge in [-0.15, -0.1) is 12.4 Å². The topological polar surface area (TPSA) is 12.0 Å². The van der Waals surface area contributed by atoms with Crippen LogP contribution in [0.4, 0.5) is 0 Å². The molecule has 0 radical (unpaired) electrons. The summed E-state index contributed by atoms with van der Waals surface area (Å²) in [5.41, 5.74) is 2.08. The van der Waals surface area contributed by atoms with E-state index in [0.29, 0.717) is 5.41 Å². The summed E-state index contributed by atoms with van der Waals surface area (Å²) in [6.07, 6.45) is 1.41. The van der Waals surface area contributed by atoms with Gasteiger partial charge in [0.25, 0.3) is 0 Å². The van der Waals surface area contributed by atoms with E-state index in [9.17, 15) is 0 Å². The summed E-state index contributed by atoms with van der Waals surface area (Å²) in [5, 5.41) is 3.46. The lowest BCUT2D eigenvalue weighted by Crippen LogP contribution is -2.18. The number of benzene rings is 1. The minimum atomic E-state index is 0. The number of nitrogens with one attached hydrogen (secondary N) is 1. The van der Waals surface area contributed by atoms with Crippen LogP contribution in [0, 0.1) is 5.92 Å². The van der Waals surface area contributed by atoms with Gasteiger partial charge in [0.15, 0.2) is 0 Å². The van der Waals surface area contributed by atoms with Crippen molar-refractivity contribution in [2.75, 3.05) is 13.1 Å². The SMILES string of the molecule is Cl.c1ccc([C@@]23CNCC2C3)cc1. The first kappa shape index (κ1) is 9.04. The molecule has 2 atom stereocenters. The van der Waals surface area contributed by atoms with Crippen LogP contribution in [0.5, 0.6) is 0 Å². The summed E-state index contributed by atoms with van der Waals surface area (Å²) >= 11 is 0. The molecular weight excluding hydrogens is 182 g/mol. The molecule has 1 aromatic carbocycles. The Bertz CT molecular complexity index is 298. The summed E-state index contributed by atoms with van der Waals surface area (Å²) < 4.78 is 0. The van der Waals surface area contributed by atoms with Crippen molar-refractivity contribution in [1.82, 2.24) is 5.32 Å². The van der Waals surface area contributed by atoms with E-state index in [1.807, 2.05) is 0 Å². The molecule has 70 valence electrons. The van der Waals surface area contributed by atoms with Crippen molar-refractivity contribution >= 4 is 12.4 Å². The second-order valence-corrected chi connectivity index (χ2v) is 4.05. The van der Waals surface area contributed by atoms with Crippen LogP contribution in [0.1, 0.15) is 12.0 Å². The van der Waals surface area contributed by atoms with E-state index >= 15 is 0 Å². The Morgan fingerprint density at radius 1 is 1.23 bits per heavy atom. The van der Waals surface area contributed by atoms with Gasteiger partial charge in [-0.25, -0.2) is 0 Å². The number of hydrogen-bond acceptors (Lipinski definition) is 1. The molecule has 1 nitrogen and oxygen atoms in total. The van der Waals surface area contributed by atoms with Crippen LogP contribution in [0.25, 0.3) is 0 Å². The van der Waals surface area contributed by atoms with E-state index < -0.39 is 0 Å². The Morgan fingerprint density at radius 3 is 2.54 bits per heavy atom. The average molecular weight is 196 g/mol. The monoisotopic (exact) mass is 195 g/mol. The predicted molar refractivity (Wildman–Crippen MR) is 56.3 cm³/mol. The second kappa shape index (κ2) is 3.00. The third-order valence-corrected chi connectivity index (χ3v) is 3.41. The summed E-state index contributed by atoms with van der Waals surface area (Å²) in [5.74, 6) is 0.930. The summed E-state index contributed by atoms with van der Waals surface area (Å²) in [7, 11) is 0. The highest BCUT2D eigenvalue weighted by atomic mass is 35.5. The molecule has 1 aliphatic heterocycles. The van der Waals surface area contributed by atoms with Crippen molar-refractivity contribution in [3.05, 3.63) is 35.9 Å². The van der Waals surface area contributed by atoms with Crippen molar-refractivity contribution in [3.63, 3.8) is 0 Å². The number of piperidine rings is 1. The first-order valence-electron chi connectivity index (χ1n) is 4.68. The molecule has 2 aliphatic rings. The average Bonchev–Trinajstić information content (AvgIpc) is 2.72. The van der Waals surface area contributed by atoms with Crippen LogP contribution in [-0.2, 0) is 5.41 Å². The fourth-order valence-corrected chi connectivity index (χ4v) is 2.56. The zero-order chi connectivity index (χ0) is 8.02. The fraction of sp³-hybridized carbons (Fsp3) is 0.455. The van der Waals surface area contributed by atoms with Gasteiger partial charge in [0, 0.05) is 12.0 Å². The molecule has 3 rings (SSSR count). The zero-order valence-electron chi connectivity index (χ0n) is 7.49. The molecule has 1 saturated heterocycles. The quantitative estimate of drug-likeness (QED) is 0.723. The van der Waals surface area contributed by atoms with E-state index in [2.05, 4.69) is 35.6 Å². The molecule has 2 heteroatoms. The van der Waals surface area contributed by atoms with Crippen molar-refractivity contribution in [3.8, 4) is 0 Å². The Balaban J connectivity index is 0.000000653. The van der Waals surface area contributed by atoms with Gasteiger partial charge in [0.05, 0.1) is 0 Å². The third kappa shape index (κ3) is 1.18. The van der Waals surface area contributed by atoms with E-state index in [1.54, 1.807) is 5.56 Å². The minimum Gasteiger partial charge on any atom is -0.316 e. The first-order valence-corrected chi connectivity index (χ1v) is 4.68. The number of halogens is 1. The van der Waals surface area contributed by atoms with Gasteiger partial charge >= 0.3 is 0 Å². The lowest BCUT2D eigenvalue weighted by molar-refractivity contribution is 0.675. The van der Waals surface area contributed by atoms with E-state index in [-0.39, 0.29) is 12.4 Å². The summed E-state index contributed by atoms with van der Waals surface area (Å²) in [4.78, 5) is 0. The fourth-order valence-electron chi connectivity index (χ4n) is 2.56. The Kier molecular flexibility index (Phi) is 2.09. The van der Waals surface area contributed by atoms with Gasteiger partial charge < -0.3 is 5.32 Å². The van der Waals surface area contributed by atoms with Crippen molar-refractivity contribution in [1.29, 1.82) is 0 Å². The van der Waals surface area contributed by atoms with E-state index in [1.165, 1.54) is 19.5 Å². The normalized spacial score (nSPS) is 34.9. The maximum Gasteiger partial charge on any atom is 0.0122 e. The Labute approximate surface area is 84.9 Å². The van der Waals surface area contributed by atoms with Crippen molar-refractivity contribution in [2.24, 2.45) is 5.92 Å². The van der Waals surface area contributed by atoms with Gasteiger partial charge in [0.1, 0.15) is 0 Å². The molecular formula is C11H14ClN. The highest BCUT2D eigenvalue weighted by molar-refractivity contribution is 5.85. The highest BCUT2D eigenvalue weighted by Gasteiger charge is 2.57. The van der Waals surface area contributed by atoms with Crippen LogP contribution in [0.3, 0.4) is 0 Å². The van der Waals surface area contributed by atoms with E-state index in [0.717, 1.165) is 5.92 Å². The standard InChI is InChI=1S/C11H13N.ClH/c1-2-4-9(5-3-1)11-6-10(11)7-12-8-11;/h1-5,10,12H,6-8H2;1H/t10?,11-;/m1./s1. The second-order valence-electron chi connectivity index (χ2n) is 4.05. The predicted octanol–water partition coefficient (Wildman–Crippen LogP) is 1.97. The summed E-state index contributed by atoms with van der Waals surface area (Å²) in [6, 6.07) is 10.9. The van der Waals surface area contributed by atoms with Crippen molar-refractivity contribution in [2.45, 2.75) is 11.8 Å². The zero-order valence-corrected chi connectivity index (χ0v) is 8.31. The molecule has 13 heavy (non-hydrogen) atoms. The van der Waals surface area contributed by atoms with Crippen LogP contribution in [0.15, 0.2) is 30.3 Å². The Hall–Kier alpha value is -0.530. The Morgan fingerprint density at radius 2 is 2.00 bits per heavy atom. The molecule has 0 spiro atoms. The largest absolute Gasteiger partial charge is 0.316 e. The van der Waals surface area contributed by atoms with Crippen LogP contribution in [0.2, 0.25) is 0 Å². The van der Waals surface area contributed by atoms with Gasteiger partial charge in [-0.2, -0.15) is 0 Å². The number of hydrogen-bond donors (Lipinski definition) is 1. The van der Waals surface area contributed by atoms with Gasteiger partial charge in [-0.3, -0.25) is 0 Å². The maximum atomic E-state index is 3.46. The third-order valence-electron chi connectivity index (χ3n) is 3.41. The lowest BCUT2D eigenvalue weighted by Gasteiger charge is -2.10. The summed E-state index contributed by atoms with van der Waals surface area (Å²) in [6.45, 7) is 2.43. The molecule has 0 amide bonds. The molecule has 1 heterocycles. The molecule has 1 unspecified atom stereocenters. The van der Waals surface area contributed by atoms with Gasteiger partial charge in [-0.1, -0.05) is 30.3 Å². The first-order chi connectivity index (χ1) is 5.92. The molecule has 0 bridgehead atoms. The van der Waals surface area contributed by atoms with Crippen LogP contribution < -0.4 is 5.32 Å².